The quantitative estimate of drug-likeness (QED) is 0.338. The van der Waals surface area contributed by atoms with Gasteiger partial charge in [-0.2, -0.15) is 0 Å². The molecular weight excluding hydrogens is 226 g/mol. The molecule has 1 fully saturated rings. The number of nitrogens with one attached hydrogen (secondary N) is 4. The Balaban J connectivity index is 2.08. The van der Waals surface area contributed by atoms with Gasteiger partial charge in [-0.05, 0) is 12.1 Å². The number of urea groups is 1. The Kier molecular flexibility index (Phi) is 1.65. The van der Waals surface area contributed by atoms with Gasteiger partial charge in [0.05, 0.1) is 5.69 Å². The fourth-order valence-electron chi connectivity index (χ4n) is 1.77. The number of hydrogen-bond donors (Lipinski definition) is 4. The maximum atomic E-state index is 11.8. The van der Waals surface area contributed by atoms with Gasteiger partial charge in [-0.25, -0.2) is 9.78 Å². The van der Waals surface area contributed by atoms with Crippen LogP contribution < -0.4 is 21.3 Å². The molecule has 86 valence electrons. The number of amides is 4. The van der Waals surface area contributed by atoms with Crippen LogP contribution in [-0.2, 0) is 9.59 Å². The molecule has 8 nitrogen and oxygen atoms in total. The van der Waals surface area contributed by atoms with Crippen LogP contribution in [0.15, 0.2) is 18.3 Å². The van der Waals surface area contributed by atoms with Gasteiger partial charge in [0, 0.05) is 6.20 Å². The van der Waals surface area contributed by atoms with E-state index in [9.17, 15) is 14.4 Å². The molecule has 4 amide bonds. The molecule has 0 radical (unpaired) electrons. The summed E-state index contributed by atoms with van der Waals surface area (Å²) in [5.41, 5.74) is -1.32. The van der Waals surface area contributed by atoms with Gasteiger partial charge in [0.1, 0.15) is 0 Å². The Bertz CT molecular complexity index is 557. The Morgan fingerprint density at radius 2 is 1.82 bits per heavy atom. The van der Waals surface area contributed by atoms with Crippen LogP contribution in [0.4, 0.5) is 16.3 Å². The average Bonchev–Trinajstić information content (AvgIpc) is 2.56. The summed E-state index contributed by atoms with van der Waals surface area (Å²) in [6.07, 6.45) is 1.51. The van der Waals surface area contributed by atoms with E-state index in [0.717, 1.165) is 0 Å². The first-order chi connectivity index (χ1) is 8.12. The zero-order valence-corrected chi connectivity index (χ0v) is 8.40. The van der Waals surface area contributed by atoms with Gasteiger partial charge in [-0.3, -0.25) is 20.2 Å². The molecule has 1 spiro atoms. The number of imide groups is 1. The number of nitrogens with zero attached hydrogens (tertiary/aromatic N) is 1. The Morgan fingerprint density at radius 3 is 2.53 bits per heavy atom. The molecule has 1 aromatic rings. The minimum Gasteiger partial charge on any atom is -0.344 e. The van der Waals surface area contributed by atoms with Crippen molar-refractivity contribution in [2.75, 3.05) is 10.6 Å². The molecule has 0 bridgehead atoms. The van der Waals surface area contributed by atoms with Crippen molar-refractivity contribution < 1.29 is 14.4 Å². The summed E-state index contributed by atoms with van der Waals surface area (Å²) >= 11 is 0. The number of fused-ring (bicyclic) bond motifs is 1. The molecule has 3 rings (SSSR count). The first-order valence-corrected chi connectivity index (χ1v) is 4.80. The van der Waals surface area contributed by atoms with Gasteiger partial charge in [-0.1, -0.05) is 0 Å². The van der Waals surface area contributed by atoms with Crippen molar-refractivity contribution in [2.45, 2.75) is 5.66 Å². The van der Waals surface area contributed by atoms with Gasteiger partial charge in [0.15, 0.2) is 5.82 Å². The maximum absolute atomic E-state index is 11.8. The summed E-state index contributed by atoms with van der Waals surface area (Å²) in [4.78, 5) is 38.5. The van der Waals surface area contributed by atoms with Crippen LogP contribution in [0.5, 0.6) is 0 Å². The highest BCUT2D eigenvalue weighted by molar-refractivity contribution is 6.26. The van der Waals surface area contributed by atoms with E-state index >= 15 is 0 Å². The molecule has 2 aliphatic rings. The molecule has 0 saturated carbocycles. The molecule has 1 saturated heterocycles. The first-order valence-electron chi connectivity index (χ1n) is 4.80. The van der Waals surface area contributed by atoms with Crippen LogP contribution in [0, 0.1) is 0 Å². The van der Waals surface area contributed by atoms with E-state index in [4.69, 9.17) is 0 Å². The second-order valence-electron chi connectivity index (χ2n) is 3.64. The first kappa shape index (κ1) is 9.58. The van der Waals surface area contributed by atoms with Crippen molar-refractivity contribution in [1.82, 2.24) is 15.6 Å². The third-order valence-corrected chi connectivity index (χ3v) is 2.57. The highest BCUT2D eigenvalue weighted by Gasteiger charge is 2.55. The molecule has 8 heteroatoms. The standard InChI is InChI=1S/C9H7N5O3/c15-6-9(7(16)12-8(17)14-9)13-4-2-1-3-10-5(4)11-6/h1-3,13H,(H,10,11,15)(H2,12,14,16,17)/t9-/m1/s1. The number of carbonyl (C=O) groups is 3. The summed E-state index contributed by atoms with van der Waals surface area (Å²) < 4.78 is 0. The summed E-state index contributed by atoms with van der Waals surface area (Å²) in [7, 11) is 0. The van der Waals surface area contributed by atoms with E-state index in [1.807, 2.05) is 5.32 Å². The molecular formula is C9H7N5O3. The van der Waals surface area contributed by atoms with Gasteiger partial charge < -0.3 is 10.6 Å². The predicted octanol–water partition coefficient (Wildman–Crippen LogP) is -1.02. The monoisotopic (exact) mass is 233 g/mol. The van der Waals surface area contributed by atoms with E-state index in [1.54, 1.807) is 12.1 Å². The SMILES string of the molecule is O=C1NC(=O)[C@@]2(N1)Nc1cccnc1NC2=O. The lowest BCUT2D eigenvalue weighted by atomic mass is 10.1. The fraction of sp³-hybridized carbons (Fsp3) is 0.111. The largest absolute Gasteiger partial charge is 0.344 e. The molecule has 0 unspecified atom stereocenters. The van der Waals surface area contributed by atoms with Crippen molar-refractivity contribution in [3.63, 3.8) is 0 Å². The van der Waals surface area contributed by atoms with E-state index in [2.05, 4.69) is 20.9 Å². The topological polar surface area (TPSA) is 112 Å². The number of carbonyl (C=O) groups excluding carboxylic acids is 3. The number of anilines is 2. The zero-order valence-electron chi connectivity index (χ0n) is 8.40. The van der Waals surface area contributed by atoms with Crippen molar-refractivity contribution in [2.24, 2.45) is 0 Å². The van der Waals surface area contributed by atoms with Crippen LogP contribution in [-0.4, -0.2) is 28.5 Å². The number of hydrogen-bond acceptors (Lipinski definition) is 5. The van der Waals surface area contributed by atoms with Crippen molar-refractivity contribution >= 4 is 29.4 Å². The zero-order chi connectivity index (χ0) is 12.0. The van der Waals surface area contributed by atoms with Gasteiger partial charge in [0.25, 0.3) is 17.5 Å². The molecule has 3 heterocycles. The fourth-order valence-corrected chi connectivity index (χ4v) is 1.77. The highest BCUT2D eigenvalue weighted by Crippen LogP contribution is 2.28. The minimum atomic E-state index is -1.78. The third-order valence-electron chi connectivity index (χ3n) is 2.57. The lowest BCUT2D eigenvalue weighted by molar-refractivity contribution is -0.131. The van der Waals surface area contributed by atoms with E-state index in [-0.39, 0.29) is 0 Å². The van der Waals surface area contributed by atoms with Gasteiger partial charge in [-0.15, -0.1) is 0 Å². The Labute approximate surface area is 94.8 Å². The molecule has 1 aromatic heterocycles. The number of pyridine rings is 1. The van der Waals surface area contributed by atoms with E-state index in [1.165, 1.54) is 6.20 Å². The number of aromatic nitrogens is 1. The minimum absolute atomic E-state index is 0.317. The van der Waals surface area contributed by atoms with Crippen molar-refractivity contribution in [3.05, 3.63) is 18.3 Å². The second kappa shape index (κ2) is 2.94. The summed E-state index contributed by atoms with van der Waals surface area (Å²) in [6.45, 7) is 0. The molecule has 1 atom stereocenters. The number of rotatable bonds is 0. The Morgan fingerprint density at radius 1 is 1.06 bits per heavy atom. The van der Waals surface area contributed by atoms with Crippen LogP contribution in [0.2, 0.25) is 0 Å². The van der Waals surface area contributed by atoms with Crippen molar-refractivity contribution in [1.29, 1.82) is 0 Å². The average molecular weight is 233 g/mol. The van der Waals surface area contributed by atoms with Crippen LogP contribution in [0.3, 0.4) is 0 Å². The molecule has 4 N–H and O–H groups in total. The molecule has 0 aliphatic carbocycles. The van der Waals surface area contributed by atoms with Gasteiger partial charge in [0.2, 0.25) is 0 Å². The van der Waals surface area contributed by atoms with Crippen LogP contribution >= 0.6 is 0 Å². The third kappa shape index (κ3) is 1.17. The lowest BCUT2D eigenvalue weighted by Gasteiger charge is -2.31. The summed E-state index contributed by atoms with van der Waals surface area (Å²) in [6, 6.07) is 2.57. The van der Waals surface area contributed by atoms with E-state index in [0.29, 0.717) is 11.5 Å². The Hall–Kier alpha value is -2.64. The van der Waals surface area contributed by atoms with Crippen molar-refractivity contribution in [3.8, 4) is 0 Å². The normalized spacial score (nSPS) is 25.8. The summed E-state index contributed by atoms with van der Waals surface area (Å²) in [5, 5.41) is 9.40. The molecule has 0 aromatic carbocycles. The van der Waals surface area contributed by atoms with Crippen LogP contribution in [0.1, 0.15) is 0 Å². The van der Waals surface area contributed by atoms with Crippen LogP contribution in [0.25, 0.3) is 0 Å². The maximum Gasteiger partial charge on any atom is 0.324 e. The summed E-state index contributed by atoms with van der Waals surface area (Å²) in [5.74, 6) is -1.10. The molecule has 17 heavy (non-hydrogen) atoms. The smallest absolute Gasteiger partial charge is 0.324 e. The predicted molar refractivity (Wildman–Crippen MR) is 55.9 cm³/mol. The molecule has 2 aliphatic heterocycles. The van der Waals surface area contributed by atoms with Gasteiger partial charge >= 0.3 is 6.03 Å². The van der Waals surface area contributed by atoms with E-state index < -0.39 is 23.5 Å². The second-order valence-corrected chi connectivity index (χ2v) is 3.64. The lowest BCUT2D eigenvalue weighted by Crippen LogP contribution is -2.64. The highest BCUT2D eigenvalue weighted by atomic mass is 16.2.